The van der Waals surface area contributed by atoms with Gasteiger partial charge in [0.05, 0.1) is 5.56 Å². The fourth-order valence-electron chi connectivity index (χ4n) is 1.78. The third-order valence-electron chi connectivity index (χ3n) is 2.70. The Morgan fingerprint density at radius 3 is 1.75 bits per heavy atom. The van der Waals surface area contributed by atoms with Crippen molar-refractivity contribution in [3.63, 3.8) is 0 Å². The molecule has 0 aliphatic rings. The summed E-state index contributed by atoms with van der Waals surface area (Å²) in [6, 6.07) is 4.10. The molecule has 0 heterocycles. The Morgan fingerprint density at radius 2 is 1.25 bits per heavy atom. The lowest BCUT2D eigenvalue weighted by atomic mass is 9.98. The summed E-state index contributed by atoms with van der Waals surface area (Å²) in [5.74, 6) is -10.4. The summed E-state index contributed by atoms with van der Waals surface area (Å²) in [4.78, 5) is 0. The molecule has 0 aliphatic heterocycles. The Labute approximate surface area is 120 Å². The van der Waals surface area contributed by atoms with Gasteiger partial charge in [0.25, 0.3) is 0 Å². The highest BCUT2D eigenvalue weighted by Crippen LogP contribution is 2.38. The molecular weight excluding hydrogens is 322 g/mol. The van der Waals surface area contributed by atoms with Crippen molar-refractivity contribution in [2.75, 3.05) is 0 Å². The van der Waals surface area contributed by atoms with E-state index in [9.17, 15) is 22.0 Å². The zero-order valence-corrected chi connectivity index (χ0v) is 11.1. The first kappa shape index (κ1) is 15.1. The minimum Gasteiger partial charge on any atom is -0.203 e. The van der Waals surface area contributed by atoms with Gasteiger partial charge in [-0.3, -0.25) is 0 Å². The van der Waals surface area contributed by atoms with E-state index in [1.165, 1.54) is 18.2 Å². The zero-order chi connectivity index (χ0) is 15.0. The van der Waals surface area contributed by atoms with Crippen LogP contribution in [0.25, 0.3) is 11.1 Å². The van der Waals surface area contributed by atoms with E-state index in [0.717, 1.165) is 0 Å². The maximum atomic E-state index is 13.8. The molecule has 7 heteroatoms. The van der Waals surface area contributed by atoms with E-state index in [1.807, 2.05) is 0 Å². The van der Waals surface area contributed by atoms with Crippen LogP contribution in [0, 0.1) is 29.1 Å². The van der Waals surface area contributed by atoms with Crippen molar-refractivity contribution in [2.24, 2.45) is 0 Å². The minimum atomic E-state index is -2.22. The summed E-state index contributed by atoms with van der Waals surface area (Å²) in [5.41, 5.74) is -1.23. The van der Waals surface area contributed by atoms with Crippen LogP contribution in [0.15, 0.2) is 18.2 Å². The van der Waals surface area contributed by atoms with Gasteiger partial charge in [0.15, 0.2) is 23.3 Å². The molecule has 0 bridgehead atoms. The maximum Gasteiger partial charge on any atom is 0.200 e. The number of hydrogen-bond acceptors (Lipinski definition) is 0. The van der Waals surface area contributed by atoms with Gasteiger partial charge in [0, 0.05) is 16.5 Å². The highest BCUT2D eigenvalue weighted by molar-refractivity contribution is 6.33. The monoisotopic (exact) mass is 326 g/mol. The molecule has 0 atom stereocenters. The standard InChI is InChI=1S/C13H5Cl2F5/c14-4-5-2-1-3-6(15)7(5)8-9(16)11(18)13(20)12(19)10(8)17/h1-3H,4H2. The van der Waals surface area contributed by atoms with Crippen molar-refractivity contribution in [1.29, 1.82) is 0 Å². The molecule has 0 radical (unpaired) electrons. The largest absolute Gasteiger partial charge is 0.203 e. The van der Waals surface area contributed by atoms with Crippen molar-refractivity contribution >= 4 is 23.2 Å². The van der Waals surface area contributed by atoms with Crippen LogP contribution in [0.3, 0.4) is 0 Å². The lowest BCUT2D eigenvalue weighted by Gasteiger charge is -2.13. The number of halogens is 7. The van der Waals surface area contributed by atoms with E-state index in [4.69, 9.17) is 23.2 Å². The zero-order valence-electron chi connectivity index (χ0n) is 9.58. The Kier molecular flexibility index (Phi) is 4.20. The Hall–Kier alpha value is -1.33. The highest BCUT2D eigenvalue weighted by Gasteiger charge is 2.28. The average Bonchev–Trinajstić information content (AvgIpc) is 2.44. The molecule has 2 aromatic rings. The van der Waals surface area contributed by atoms with Crippen LogP contribution in [0.5, 0.6) is 0 Å². The summed E-state index contributed by atoms with van der Waals surface area (Å²) < 4.78 is 67.0. The second-order valence-electron chi connectivity index (χ2n) is 3.85. The van der Waals surface area contributed by atoms with Crippen LogP contribution < -0.4 is 0 Å². The molecule has 0 amide bonds. The van der Waals surface area contributed by atoms with Gasteiger partial charge in [-0.2, -0.15) is 0 Å². The van der Waals surface area contributed by atoms with Gasteiger partial charge in [0.2, 0.25) is 5.82 Å². The van der Waals surface area contributed by atoms with Crippen molar-refractivity contribution in [3.05, 3.63) is 57.9 Å². The first-order valence-corrected chi connectivity index (χ1v) is 6.16. The van der Waals surface area contributed by atoms with Gasteiger partial charge in [-0.1, -0.05) is 23.7 Å². The SMILES string of the molecule is Fc1c(F)c(F)c(-c2c(Cl)cccc2CCl)c(F)c1F. The first-order valence-electron chi connectivity index (χ1n) is 5.25. The molecule has 0 fully saturated rings. The van der Waals surface area contributed by atoms with Crippen LogP contribution in [0.4, 0.5) is 22.0 Å². The third-order valence-corrected chi connectivity index (χ3v) is 3.31. The lowest BCUT2D eigenvalue weighted by Crippen LogP contribution is -2.05. The molecule has 0 saturated carbocycles. The fourth-order valence-corrected chi connectivity index (χ4v) is 2.30. The summed E-state index contributed by atoms with van der Waals surface area (Å²) in [5, 5.41) is -0.161. The molecule has 0 aliphatic carbocycles. The van der Waals surface area contributed by atoms with Gasteiger partial charge in [-0.05, 0) is 11.6 Å². The third kappa shape index (κ3) is 2.25. The molecule has 0 saturated heterocycles. The predicted molar refractivity (Wildman–Crippen MR) is 66.2 cm³/mol. The molecule has 0 nitrogen and oxygen atoms in total. The number of hydrogen-bond donors (Lipinski definition) is 0. The van der Waals surface area contributed by atoms with Crippen LogP contribution in [0.2, 0.25) is 5.02 Å². The topological polar surface area (TPSA) is 0 Å². The van der Waals surface area contributed by atoms with Crippen molar-refractivity contribution in [3.8, 4) is 11.1 Å². The normalized spacial score (nSPS) is 10.9. The van der Waals surface area contributed by atoms with E-state index in [2.05, 4.69) is 0 Å². The lowest BCUT2D eigenvalue weighted by molar-refractivity contribution is 0.381. The molecule has 2 rings (SSSR count). The van der Waals surface area contributed by atoms with Crippen molar-refractivity contribution in [1.82, 2.24) is 0 Å². The fraction of sp³-hybridized carbons (Fsp3) is 0.0769. The predicted octanol–water partition coefficient (Wildman–Crippen LogP) is 5.44. The van der Waals surface area contributed by atoms with Crippen LogP contribution in [-0.2, 0) is 5.88 Å². The molecule has 106 valence electrons. The first-order chi connectivity index (χ1) is 9.40. The average molecular weight is 327 g/mol. The summed E-state index contributed by atoms with van der Waals surface area (Å²) in [7, 11) is 0. The summed E-state index contributed by atoms with van der Waals surface area (Å²) >= 11 is 11.4. The van der Waals surface area contributed by atoms with Gasteiger partial charge >= 0.3 is 0 Å². The van der Waals surface area contributed by atoms with E-state index in [0.29, 0.717) is 0 Å². The second-order valence-corrected chi connectivity index (χ2v) is 4.53. The summed E-state index contributed by atoms with van der Waals surface area (Å²) in [6.45, 7) is 0. The summed E-state index contributed by atoms with van der Waals surface area (Å²) in [6.07, 6.45) is 0. The Morgan fingerprint density at radius 1 is 0.750 bits per heavy atom. The second kappa shape index (κ2) is 5.58. The molecule has 0 spiro atoms. The maximum absolute atomic E-state index is 13.8. The van der Waals surface area contributed by atoms with E-state index in [1.54, 1.807) is 0 Å². The van der Waals surface area contributed by atoms with Gasteiger partial charge in [0.1, 0.15) is 0 Å². The van der Waals surface area contributed by atoms with Crippen molar-refractivity contribution < 1.29 is 22.0 Å². The Balaban J connectivity index is 2.91. The van der Waals surface area contributed by atoms with E-state index >= 15 is 0 Å². The van der Waals surface area contributed by atoms with Crippen LogP contribution >= 0.6 is 23.2 Å². The van der Waals surface area contributed by atoms with Gasteiger partial charge in [-0.15, -0.1) is 11.6 Å². The quantitative estimate of drug-likeness (QED) is 0.298. The molecule has 0 aromatic heterocycles. The molecule has 20 heavy (non-hydrogen) atoms. The van der Waals surface area contributed by atoms with Crippen LogP contribution in [-0.4, -0.2) is 0 Å². The number of alkyl halides is 1. The van der Waals surface area contributed by atoms with Crippen LogP contribution in [0.1, 0.15) is 5.56 Å². The minimum absolute atomic E-state index is 0.155. The van der Waals surface area contributed by atoms with E-state index in [-0.39, 0.29) is 22.0 Å². The number of rotatable bonds is 2. The smallest absolute Gasteiger partial charge is 0.200 e. The molecule has 2 aromatic carbocycles. The van der Waals surface area contributed by atoms with Gasteiger partial charge < -0.3 is 0 Å². The Bertz CT molecular complexity index is 656. The molecular formula is C13H5Cl2F5. The van der Waals surface area contributed by atoms with Crippen molar-refractivity contribution in [2.45, 2.75) is 5.88 Å². The number of benzene rings is 2. The van der Waals surface area contributed by atoms with Gasteiger partial charge in [-0.25, -0.2) is 22.0 Å². The van der Waals surface area contributed by atoms with E-state index < -0.39 is 34.6 Å². The molecule has 0 unspecified atom stereocenters. The highest BCUT2D eigenvalue weighted by atomic mass is 35.5. The molecule has 0 N–H and O–H groups in total.